The van der Waals surface area contributed by atoms with Crippen molar-refractivity contribution in [3.8, 4) is 0 Å². The van der Waals surface area contributed by atoms with Crippen LogP contribution in [0.15, 0.2) is 47.3 Å². The molecular formula is C18H19N3O2. The molecule has 23 heavy (non-hydrogen) atoms. The number of carbonyl (C=O) groups is 1. The van der Waals surface area contributed by atoms with E-state index in [4.69, 9.17) is 0 Å². The quantitative estimate of drug-likeness (QED) is 0.677. The zero-order chi connectivity index (χ0) is 16.2. The van der Waals surface area contributed by atoms with E-state index in [1.54, 1.807) is 0 Å². The number of carbonyl (C=O) groups excluding carboxylic acids is 1. The first kappa shape index (κ1) is 15.1. The number of amides is 1. The summed E-state index contributed by atoms with van der Waals surface area (Å²) < 4.78 is 0. The molecule has 2 aromatic carbocycles. The predicted molar refractivity (Wildman–Crippen MR) is 90.3 cm³/mol. The minimum absolute atomic E-state index is 0.0215. The van der Waals surface area contributed by atoms with Crippen molar-refractivity contribution in [1.29, 1.82) is 0 Å². The van der Waals surface area contributed by atoms with Gasteiger partial charge < -0.3 is 15.3 Å². The van der Waals surface area contributed by atoms with E-state index < -0.39 is 0 Å². The summed E-state index contributed by atoms with van der Waals surface area (Å²) in [6, 6.07) is 13.8. The summed E-state index contributed by atoms with van der Waals surface area (Å²) in [5.74, 6) is 0.0215. The molecule has 5 heteroatoms. The molecule has 0 aliphatic carbocycles. The lowest BCUT2D eigenvalue weighted by atomic mass is 10.1. The van der Waals surface area contributed by atoms with Gasteiger partial charge in [0.05, 0.1) is 11.0 Å². The number of nitrogens with one attached hydrogen (secondary N) is 3. The monoisotopic (exact) mass is 309 g/mol. The topological polar surface area (TPSA) is 77.8 Å². The minimum atomic E-state index is -0.223. The van der Waals surface area contributed by atoms with Crippen molar-refractivity contribution in [1.82, 2.24) is 15.3 Å². The van der Waals surface area contributed by atoms with Gasteiger partial charge in [0, 0.05) is 13.0 Å². The van der Waals surface area contributed by atoms with Gasteiger partial charge in [-0.2, -0.15) is 0 Å². The second kappa shape index (κ2) is 6.52. The smallest absolute Gasteiger partial charge is 0.323 e. The van der Waals surface area contributed by atoms with Crippen LogP contribution in [0.5, 0.6) is 0 Å². The standard InChI is InChI=1S/C18H19N3O2/c1-12-2-4-13(5-3-12)7-9-17(22)19-11-14-6-8-15-16(10-14)21-18(23)20-15/h2-6,8,10H,7,9,11H2,1H3,(H,19,22)(H2,20,21,23). The molecular weight excluding hydrogens is 290 g/mol. The summed E-state index contributed by atoms with van der Waals surface area (Å²) >= 11 is 0. The molecule has 0 fully saturated rings. The summed E-state index contributed by atoms with van der Waals surface area (Å²) in [6.07, 6.45) is 1.20. The normalized spacial score (nSPS) is 10.8. The number of imidazole rings is 1. The van der Waals surface area contributed by atoms with Gasteiger partial charge in [-0.25, -0.2) is 4.79 Å². The maximum absolute atomic E-state index is 11.9. The van der Waals surface area contributed by atoms with E-state index in [9.17, 15) is 9.59 Å². The van der Waals surface area contributed by atoms with Gasteiger partial charge in [0.2, 0.25) is 5.91 Å². The van der Waals surface area contributed by atoms with Crippen molar-refractivity contribution >= 4 is 16.9 Å². The van der Waals surface area contributed by atoms with Crippen molar-refractivity contribution in [3.05, 3.63) is 69.6 Å². The van der Waals surface area contributed by atoms with Crippen molar-refractivity contribution < 1.29 is 4.79 Å². The highest BCUT2D eigenvalue weighted by Crippen LogP contribution is 2.10. The Morgan fingerprint density at radius 3 is 2.48 bits per heavy atom. The number of aromatic amines is 2. The lowest BCUT2D eigenvalue weighted by Gasteiger charge is -2.06. The molecule has 5 nitrogen and oxygen atoms in total. The van der Waals surface area contributed by atoms with E-state index in [0.29, 0.717) is 13.0 Å². The number of benzene rings is 2. The van der Waals surface area contributed by atoms with Crippen molar-refractivity contribution in [2.24, 2.45) is 0 Å². The third kappa shape index (κ3) is 3.88. The van der Waals surface area contributed by atoms with E-state index in [1.807, 2.05) is 25.1 Å². The van der Waals surface area contributed by atoms with Gasteiger partial charge in [0.15, 0.2) is 0 Å². The lowest BCUT2D eigenvalue weighted by Crippen LogP contribution is -2.22. The Labute approximate surface area is 133 Å². The Morgan fingerprint density at radius 2 is 1.70 bits per heavy atom. The predicted octanol–water partition coefficient (Wildman–Crippen LogP) is 2.41. The number of aryl methyl sites for hydroxylation is 2. The minimum Gasteiger partial charge on any atom is -0.352 e. The SMILES string of the molecule is Cc1ccc(CCC(=O)NCc2ccc3[nH]c(=O)[nH]c3c2)cc1. The number of fused-ring (bicyclic) bond motifs is 1. The first-order chi connectivity index (χ1) is 11.1. The summed E-state index contributed by atoms with van der Waals surface area (Å²) in [5, 5.41) is 2.91. The van der Waals surface area contributed by atoms with Crippen LogP contribution in [0.25, 0.3) is 11.0 Å². The molecule has 1 aromatic heterocycles. The van der Waals surface area contributed by atoms with Crippen LogP contribution < -0.4 is 11.0 Å². The van der Waals surface area contributed by atoms with Crippen LogP contribution >= 0.6 is 0 Å². The lowest BCUT2D eigenvalue weighted by molar-refractivity contribution is -0.121. The average Bonchev–Trinajstić information content (AvgIpc) is 2.91. The first-order valence-electron chi connectivity index (χ1n) is 7.63. The summed E-state index contributed by atoms with van der Waals surface area (Å²) in [5.41, 5.74) is 4.63. The molecule has 0 spiro atoms. The first-order valence-corrected chi connectivity index (χ1v) is 7.63. The van der Waals surface area contributed by atoms with Crippen LogP contribution in [0.1, 0.15) is 23.1 Å². The van der Waals surface area contributed by atoms with Crippen LogP contribution in [0, 0.1) is 6.92 Å². The fourth-order valence-electron chi connectivity index (χ4n) is 2.49. The Hall–Kier alpha value is -2.82. The fourth-order valence-corrected chi connectivity index (χ4v) is 2.49. The number of aromatic nitrogens is 2. The fraction of sp³-hybridized carbons (Fsp3) is 0.222. The third-order valence-electron chi connectivity index (χ3n) is 3.83. The van der Waals surface area contributed by atoms with Gasteiger partial charge >= 0.3 is 5.69 Å². The largest absolute Gasteiger partial charge is 0.352 e. The average molecular weight is 309 g/mol. The van der Waals surface area contributed by atoms with Crippen LogP contribution in [0.4, 0.5) is 0 Å². The van der Waals surface area contributed by atoms with E-state index in [-0.39, 0.29) is 11.6 Å². The van der Waals surface area contributed by atoms with Crippen LogP contribution in [0.3, 0.4) is 0 Å². The van der Waals surface area contributed by atoms with Crippen LogP contribution in [0.2, 0.25) is 0 Å². The number of hydrogen-bond donors (Lipinski definition) is 3. The Bertz CT molecular complexity index is 875. The molecule has 3 N–H and O–H groups in total. The Morgan fingerprint density at radius 1 is 1.00 bits per heavy atom. The van der Waals surface area contributed by atoms with Crippen molar-refractivity contribution in [2.75, 3.05) is 0 Å². The molecule has 0 saturated carbocycles. The van der Waals surface area contributed by atoms with Crippen LogP contribution in [-0.2, 0) is 17.8 Å². The molecule has 3 rings (SSSR count). The van der Waals surface area contributed by atoms with Crippen molar-refractivity contribution in [3.63, 3.8) is 0 Å². The van der Waals surface area contributed by atoms with Gasteiger partial charge in [0.25, 0.3) is 0 Å². The Balaban J connectivity index is 1.53. The number of rotatable bonds is 5. The summed E-state index contributed by atoms with van der Waals surface area (Å²) in [6.45, 7) is 2.50. The molecule has 1 heterocycles. The maximum Gasteiger partial charge on any atom is 0.323 e. The van der Waals surface area contributed by atoms with Crippen LogP contribution in [-0.4, -0.2) is 15.9 Å². The van der Waals surface area contributed by atoms with Crippen molar-refractivity contribution in [2.45, 2.75) is 26.3 Å². The molecule has 0 saturated heterocycles. The highest BCUT2D eigenvalue weighted by atomic mass is 16.1. The van der Waals surface area contributed by atoms with E-state index in [0.717, 1.165) is 28.6 Å². The second-order valence-corrected chi connectivity index (χ2v) is 5.72. The molecule has 118 valence electrons. The van der Waals surface area contributed by atoms with E-state index in [2.05, 4.69) is 39.6 Å². The highest BCUT2D eigenvalue weighted by Gasteiger charge is 2.04. The van der Waals surface area contributed by atoms with Gasteiger partial charge in [-0.15, -0.1) is 0 Å². The Kier molecular flexibility index (Phi) is 4.28. The van der Waals surface area contributed by atoms with Gasteiger partial charge in [-0.05, 0) is 36.6 Å². The number of H-pyrrole nitrogens is 2. The van der Waals surface area contributed by atoms with Gasteiger partial charge in [0.1, 0.15) is 0 Å². The molecule has 0 aliphatic heterocycles. The zero-order valence-electron chi connectivity index (χ0n) is 13.0. The molecule has 1 amide bonds. The summed E-state index contributed by atoms with van der Waals surface area (Å²) in [4.78, 5) is 28.6. The van der Waals surface area contributed by atoms with E-state index in [1.165, 1.54) is 5.56 Å². The highest BCUT2D eigenvalue weighted by molar-refractivity contribution is 5.77. The summed E-state index contributed by atoms with van der Waals surface area (Å²) in [7, 11) is 0. The molecule has 0 unspecified atom stereocenters. The maximum atomic E-state index is 11.9. The molecule has 0 aliphatic rings. The van der Waals surface area contributed by atoms with Gasteiger partial charge in [-0.1, -0.05) is 35.9 Å². The zero-order valence-corrected chi connectivity index (χ0v) is 13.0. The second-order valence-electron chi connectivity index (χ2n) is 5.72. The molecule has 3 aromatic rings. The number of hydrogen-bond acceptors (Lipinski definition) is 2. The van der Waals surface area contributed by atoms with Gasteiger partial charge in [-0.3, -0.25) is 4.79 Å². The third-order valence-corrected chi connectivity index (χ3v) is 3.83. The molecule has 0 radical (unpaired) electrons. The molecule has 0 atom stereocenters. The molecule has 0 bridgehead atoms. The van der Waals surface area contributed by atoms with E-state index >= 15 is 0 Å².